The Hall–Kier alpha value is -4.24. The van der Waals surface area contributed by atoms with Crippen LogP contribution >= 0.6 is 23.1 Å². The number of nitrogens with two attached hydrogens (primary N) is 1. The standard InChI is InChI=1S/C29H31N7O6S2/c1-34-9-6-16(7-10-34)13-35-11-8-17(25(35)38)12-18-14-43-27-22(26(39)36(27)23(18)28(40)41)32-24(37)21(20-15-44-29(30)31-20)33-42-19-4-2-3-5-19/h6-7,9-10,12,15,19,22,27H,2-5,8,11,13-14H2,1H3,(H3-,30,31,32,37,40,41)/b17-12+,33-21-/t22-,27-/m1/s1. The number of carbonyl (C=O) groups excluding carboxylic acids is 4. The van der Waals surface area contributed by atoms with Gasteiger partial charge in [-0.1, -0.05) is 5.16 Å². The monoisotopic (exact) mass is 637 g/mol. The summed E-state index contributed by atoms with van der Waals surface area (Å²) in [5, 5.41) is 20.2. The number of thioether (sulfide) groups is 1. The second kappa shape index (κ2) is 12.4. The van der Waals surface area contributed by atoms with Crippen molar-refractivity contribution >= 4 is 57.6 Å². The molecule has 230 valence electrons. The van der Waals surface area contributed by atoms with E-state index in [0.717, 1.165) is 47.5 Å². The van der Waals surface area contributed by atoms with Crippen LogP contribution in [0.4, 0.5) is 5.13 Å². The summed E-state index contributed by atoms with van der Waals surface area (Å²) in [6.45, 7) is 0.946. The Kier molecular flexibility index (Phi) is 8.40. The van der Waals surface area contributed by atoms with Gasteiger partial charge in [-0.3, -0.25) is 19.3 Å². The SMILES string of the molecule is C[n+]1ccc(CN2CC/C(=C\C3=C(C(=O)[O-])N4C(=O)[C@@H](NC(=O)/C(=N\OC5CCCC5)c5csc(N)n5)[C@H]4SC3)C2=O)cc1. The number of nitrogens with zero attached hydrogens (tertiary/aromatic N) is 5. The van der Waals surface area contributed by atoms with Crippen LogP contribution in [0, 0.1) is 0 Å². The molecule has 13 nitrogen and oxygen atoms in total. The summed E-state index contributed by atoms with van der Waals surface area (Å²) >= 11 is 2.44. The molecule has 0 radical (unpaired) electrons. The van der Waals surface area contributed by atoms with Crippen LogP contribution in [0.1, 0.15) is 43.4 Å². The number of carbonyl (C=O) groups is 4. The van der Waals surface area contributed by atoms with Gasteiger partial charge in [-0.15, -0.1) is 23.1 Å². The Balaban J connectivity index is 1.17. The number of amides is 3. The lowest BCUT2D eigenvalue weighted by Crippen LogP contribution is -2.71. The molecule has 3 fully saturated rings. The van der Waals surface area contributed by atoms with E-state index in [-0.39, 0.29) is 40.0 Å². The van der Waals surface area contributed by atoms with E-state index in [4.69, 9.17) is 10.6 Å². The van der Waals surface area contributed by atoms with Crippen LogP contribution in [-0.2, 0) is 37.6 Å². The summed E-state index contributed by atoms with van der Waals surface area (Å²) in [5.41, 5.74) is 7.39. The Morgan fingerprint density at radius 1 is 1.27 bits per heavy atom. The van der Waals surface area contributed by atoms with E-state index >= 15 is 0 Å². The number of rotatable bonds is 9. The molecule has 3 aliphatic heterocycles. The van der Waals surface area contributed by atoms with Crippen LogP contribution in [0.5, 0.6) is 0 Å². The van der Waals surface area contributed by atoms with Gasteiger partial charge in [0.25, 0.3) is 11.8 Å². The summed E-state index contributed by atoms with van der Waals surface area (Å²) in [6, 6.07) is 2.89. The maximum Gasteiger partial charge on any atom is 0.276 e. The van der Waals surface area contributed by atoms with E-state index in [1.807, 2.05) is 36.1 Å². The molecule has 1 aliphatic carbocycles. The quantitative estimate of drug-likeness (QED) is 0.126. The molecule has 1 saturated carbocycles. The molecule has 44 heavy (non-hydrogen) atoms. The molecule has 2 aromatic rings. The molecule has 15 heteroatoms. The number of nitrogen functional groups attached to an aromatic ring is 1. The van der Waals surface area contributed by atoms with E-state index < -0.39 is 29.2 Å². The number of anilines is 1. The lowest BCUT2D eigenvalue weighted by atomic mass is 10.0. The second-order valence-electron chi connectivity index (χ2n) is 11.1. The molecular weight excluding hydrogens is 606 g/mol. The highest BCUT2D eigenvalue weighted by molar-refractivity contribution is 8.00. The van der Waals surface area contributed by atoms with Gasteiger partial charge in [0.1, 0.15) is 30.3 Å². The smallest absolute Gasteiger partial charge is 0.276 e. The largest absolute Gasteiger partial charge is 0.543 e. The Labute approximate surface area is 261 Å². The van der Waals surface area contributed by atoms with Gasteiger partial charge in [-0.25, -0.2) is 9.55 Å². The summed E-state index contributed by atoms with van der Waals surface area (Å²) in [6.07, 6.45) is 9.43. The third-order valence-electron chi connectivity index (χ3n) is 8.04. The number of likely N-dealkylation sites (tertiary alicyclic amines) is 1. The minimum absolute atomic E-state index is 0.104. The highest BCUT2D eigenvalue weighted by Gasteiger charge is 2.53. The number of carboxylic acids is 1. The van der Waals surface area contributed by atoms with Crippen LogP contribution in [0.2, 0.25) is 0 Å². The number of β-lactam (4-membered cyclic amide) rings is 1. The Morgan fingerprint density at radius 3 is 2.70 bits per heavy atom. The summed E-state index contributed by atoms with van der Waals surface area (Å²) in [4.78, 5) is 64.6. The highest BCUT2D eigenvalue weighted by atomic mass is 32.2. The first-order valence-corrected chi connectivity index (χ1v) is 16.2. The van der Waals surface area contributed by atoms with Crippen LogP contribution in [-0.4, -0.2) is 74.0 Å². The molecule has 0 bridgehead atoms. The molecule has 5 heterocycles. The Morgan fingerprint density at radius 2 is 2.02 bits per heavy atom. The number of nitrogens with one attached hydrogen (secondary N) is 1. The van der Waals surface area contributed by atoms with Crippen LogP contribution < -0.4 is 20.7 Å². The van der Waals surface area contributed by atoms with Gasteiger partial charge in [0.15, 0.2) is 23.2 Å². The molecule has 0 aromatic carbocycles. The molecule has 0 unspecified atom stereocenters. The maximum absolute atomic E-state index is 13.3. The van der Waals surface area contributed by atoms with Crippen molar-refractivity contribution in [1.82, 2.24) is 20.1 Å². The summed E-state index contributed by atoms with van der Waals surface area (Å²) < 4.78 is 1.91. The van der Waals surface area contributed by atoms with Crippen LogP contribution in [0.25, 0.3) is 0 Å². The molecular formula is C29H31N7O6S2. The summed E-state index contributed by atoms with van der Waals surface area (Å²) in [7, 11) is 1.91. The fourth-order valence-electron chi connectivity index (χ4n) is 5.69. The molecule has 4 aliphatic rings. The number of fused-ring (bicyclic) bond motifs is 1. The average Bonchev–Trinajstić information content (AvgIpc) is 3.76. The molecule has 3 amide bonds. The minimum atomic E-state index is -1.52. The topological polar surface area (TPSA) is 174 Å². The first kappa shape index (κ1) is 29.8. The van der Waals surface area contributed by atoms with Gasteiger partial charge in [0, 0.05) is 41.9 Å². The lowest BCUT2D eigenvalue weighted by Gasteiger charge is -2.50. The Bertz CT molecular complexity index is 1600. The van der Waals surface area contributed by atoms with Gasteiger partial charge in [-0.2, -0.15) is 0 Å². The average molecular weight is 638 g/mol. The maximum atomic E-state index is 13.3. The molecule has 2 atom stereocenters. The van der Waals surface area contributed by atoms with E-state index in [1.54, 1.807) is 16.4 Å². The number of thiazole rings is 1. The normalized spacial score (nSPS) is 23.3. The molecule has 6 rings (SSSR count). The minimum Gasteiger partial charge on any atom is -0.543 e. The number of aliphatic carboxylic acids is 1. The van der Waals surface area contributed by atoms with E-state index in [9.17, 15) is 24.3 Å². The molecule has 3 N–H and O–H groups in total. The zero-order valence-corrected chi connectivity index (χ0v) is 25.6. The molecule has 2 saturated heterocycles. The van der Waals surface area contributed by atoms with Crippen molar-refractivity contribution in [2.75, 3.05) is 18.0 Å². The van der Waals surface area contributed by atoms with E-state index in [2.05, 4.69) is 15.5 Å². The van der Waals surface area contributed by atoms with Crippen molar-refractivity contribution in [1.29, 1.82) is 0 Å². The van der Waals surface area contributed by atoms with Crippen molar-refractivity contribution in [3.63, 3.8) is 0 Å². The fourth-order valence-corrected chi connectivity index (χ4v) is 7.55. The predicted molar refractivity (Wildman–Crippen MR) is 159 cm³/mol. The van der Waals surface area contributed by atoms with Gasteiger partial charge in [0.2, 0.25) is 5.91 Å². The van der Waals surface area contributed by atoms with Gasteiger partial charge in [-0.05, 0) is 49.3 Å². The summed E-state index contributed by atoms with van der Waals surface area (Å²) in [5.74, 6) is -2.77. The number of aryl methyl sites for hydroxylation is 1. The van der Waals surface area contributed by atoms with E-state index in [0.29, 0.717) is 30.7 Å². The van der Waals surface area contributed by atoms with Crippen molar-refractivity contribution in [3.8, 4) is 0 Å². The third-order valence-corrected chi connectivity index (χ3v) is 10.0. The fraction of sp³-hybridized carbons (Fsp3) is 0.414. The van der Waals surface area contributed by atoms with Crippen LogP contribution in [0.15, 0.2) is 58.0 Å². The second-order valence-corrected chi connectivity index (χ2v) is 13.1. The number of hydrogen-bond donors (Lipinski definition) is 2. The van der Waals surface area contributed by atoms with Crippen molar-refractivity contribution in [2.24, 2.45) is 12.2 Å². The molecule has 2 aromatic heterocycles. The third kappa shape index (κ3) is 5.93. The van der Waals surface area contributed by atoms with Gasteiger partial charge < -0.3 is 30.7 Å². The number of hydrogen-bond acceptors (Lipinski definition) is 11. The van der Waals surface area contributed by atoms with Gasteiger partial charge in [0.05, 0.1) is 11.7 Å². The lowest BCUT2D eigenvalue weighted by molar-refractivity contribution is -0.671. The van der Waals surface area contributed by atoms with Crippen molar-refractivity contribution < 1.29 is 33.7 Å². The number of pyridine rings is 1. The predicted octanol–water partition coefficient (Wildman–Crippen LogP) is -0.0241. The van der Waals surface area contributed by atoms with Crippen molar-refractivity contribution in [3.05, 3.63) is 64.1 Å². The highest BCUT2D eigenvalue weighted by Crippen LogP contribution is 2.41. The molecule has 0 spiro atoms. The zero-order valence-electron chi connectivity index (χ0n) is 23.9. The number of aromatic nitrogens is 2. The van der Waals surface area contributed by atoms with Gasteiger partial charge >= 0.3 is 0 Å². The zero-order chi connectivity index (χ0) is 31.0. The number of allylic oxidation sites excluding steroid dienone is 1. The number of carboxylic acid groups (broad SMARTS) is 1. The first-order valence-electron chi connectivity index (χ1n) is 14.3. The van der Waals surface area contributed by atoms with Crippen molar-refractivity contribution in [2.45, 2.75) is 56.2 Å². The first-order chi connectivity index (χ1) is 21.2. The van der Waals surface area contributed by atoms with E-state index in [1.165, 1.54) is 11.8 Å². The number of oxime groups is 1. The van der Waals surface area contributed by atoms with Crippen LogP contribution in [0.3, 0.4) is 0 Å².